The quantitative estimate of drug-likeness (QED) is 0.791. The first-order chi connectivity index (χ1) is 10.3. The predicted molar refractivity (Wildman–Crippen MR) is 85.8 cm³/mol. The molecule has 2 heteroatoms. The van der Waals surface area contributed by atoms with Gasteiger partial charge in [-0.15, -0.1) is 0 Å². The fraction of sp³-hybridized carbons (Fsp3) is 0.316. The van der Waals surface area contributed by atoms with Gasteiger partial charge in [0.05, 0.1) is 5.41 Å². The van der Waals surface area contributed by atoms with E-state index in [1.54, 1.807) is 0 Å². The molecule has 0 unspecified atom stereocenters. The Bertz CT molecular complexity index is 695. The van der Waals surface area contributed by atoms with Crippen LogP contribution in [0.4, 0.5) is 5.69 Å². The van der Waals surface area contributed by atoms with Crippen molar-refractivity contribution < 1.29 is 4.58 Å². The third-order valence-electron chi connectivity index (χ3n) is 5.17. The predicted octanol–water partition coefficient (Wildman–Crippen LogP) is 3.71. The van der Waals surface area contributed by atoms with Gasteiger partial charge in [-0.3, -0.25) is 5.73 Å². The first kappa shape index (κ1) is 12.6. The number of nitrogens with zero attached hydrogens (tertiary/aromatic N) is 1. The molecule has 1 aliphatic carbocycles. The number of rotatable bonds is 1. The lowest BCUT2D eigenvalue weighted by atomic mass is 9.73. The van der Waals surface area contributed by atoms with Crippen molar-refractivity contribution in [2.75, 3.05) is 0 Å². The molecule has 2 aliphatic rings. The van der Waals surface area contributed by atoms with Crippen LogP contribution in [0.5, 0.6) is 0 Å². The number of para-hydroxylation sites is 1. The lowest BCUT2D eigenvalue weighted by molar-refractivity contribution is -0.465. The molecule has 0 saturated heterocycles. The Morgan fingerprint density at radius 3 is 2.29 bits per heavy atom. The van der Waals surface area contributed by atoms with Gasteiger partial charge in [-0.25, -0.2) is 4.58 Å². The minimum absolute atomic E-state index is 0.0602. The summed E-state index contributed by atoms with van der Waals surface area (Å²) in [5, 5.41) is 0. The zero-order chi connectivity index (χ0) is 14.3. The van der Waals surface area contributed by atoms with Crippen molar-refractivity contribution in [1.29, 1.82) is 0 Å². The Hall–Kier alpha value is -2.09. The summed E-state index contributed by atoms with van der Waals surface area (Å²) in [6.45, 7) is 0.883. The van der Waals surface area contributed by atoms with E-state index in [2.05, 4.69) is 59.2 Å². The second-order valence-corrected chi connectivity index (χ2v) is 6.25. The summed E-state index contributed by atoms with van der Waals surface area (Å²) in [7, 11) is 0. The number of benzene rings is 2. The normalized spacial score (nSPS) is 19.8. The molecule has 2 N–H and O–H groups in total. The highest BCUT2D eigenvalue weighted by Crippen LogP contribution is 2.45. The summed E-state index contributed by atoms with van der Waals surface area (Å²) in [5.41, 5.74) is 10.9. The van der Waals surface area contributed by atoms with E-state index in [-0.39, 0.29) is 5.41 Å². The molecule has 1 aliphatic heterocycles. The SMILES string of the molecule is NC1=[N+](c2ccccc2)Cc2ccccc2C12CCCC2. The first-order valence-electron chi connectivity index (χ1n) is 7.85. The van der Waals surface area contributed by atoms with E-state index >= 15 is 0 Å². The van der Waals surface area contributed by atoms with Crippen molar-refractivity contribution in [2.24, 2.45) is 5.73 Å². The van der Waals surface area contributed by atoms with E-state index < -0.39 is 0 Å². The Morgan fingerprint density at radius 1 is 0.857 bits per heavy atom. The summed E-state index contributed by atoms with van der Waals surface area (Å²) >= 11 is 0. The van der Waals surface area contributed by atoms with Crippen LogP contribution < -0.4 is 5.73 Å². The number of fused-ring (bicyclic) bond motifs is 2. The third kappa shape index (κ3) is 1.82. The highest BCUT2D eigenvalue weighted by Gasteiger charge is 2.48. The van der Waals surface area contributed by atoms with Crippen LogP contribution in [0.3, 0.4) is 0 Å². The van der Waals surface area contributed by atoms with Gasteiger partial charge in [-0.2, -0.15) is 0 Å². The van der Waals surface area contributed by atoms with Crippen LogP contribution in [0.2, 0.25) is 0 Å². The molecule has 0 radical (unpaired) electrons. The van der Waals surface area contributed by atoms with E-state index in [0.29, 0.717) is 0 Å². The van der Waals surface area contributed by atoms with Crippen LogP contribution >= 0.6 is 0 Å². The summed E-state index contributed by atoms with van der Waals surface area (Å²) in [6.07, 6.45) is 4.91. The molecule has 1 saturated carbocycles. The number of hydrogen-bond acceptors (Lipinski definition) is 1. The van der Waals surface area contributed by atoms with E-state index in [9.17, 15) is 0 Å². The molecule has 106 valence electrons. The Balaban J connectivity index is 1.93. The largest absolute Gasteiger partial charge is 0.290 e. The van der Waals surface area contributed by atoms with E-state index in [0.717, 1.165) is 12.4 Å². The second-order valence-electron chi connectivity index (χ2n) is 6.25. The van der Waals surface area contributed by atoms with Gasteiger partial charge >= 0.3 is 0 Å². The van der Waals surface area contributed by atoms with Crippen LogP contribution in [-0.2, 0) is 12.0 Å². The molecule has 2 nitrogen and oxygen atoms in total. The van der Waals surface area contributed by atoms with Gasteiger partial charge in [-0.05, 0) is 36.1 Å². The molecular weight excluding hydrogens is 256 g/mol. The van der Waals surface area contributed by atoms with Gasteiger partial charge in [0.1, 0.15) is 12.2 Å². The molecule has 1 fully saturated rings. The first-order valence-corrected chi connectivity index (χ1v) is 7.85. The minimum Gasteiger partial charge on any atom is -0.290 e. The van der Waals surface area contributed by atoms with E-state index in [1.165, 1.54) is 42.5 Å². The van der Waals surface area contributed by atoms with Gasteiger partial charge in [0, 0.05) is 0 Å². The smallest absolute Gasteiger partial charge is 0.258 e. The standard InChI is InChI=1S/C19H20N2/c20-18-19(12-6-7-13-19)17-11-5-4-8-15(17)14-21(18)16-9-2-1-3-10-16/h1-5,8-11,20H,6-7,12-14H2/p+1. The maximum absolute atomic E-state index is 6.71. The molecule has 1 heterocycles. The van der Waals surface area contributed by atoms with E-state index in [4.69, 9.17) is 5.73 Å². The van der Waals surface area contributed by atoms with Gasteiger partial charge in [0.25, 0.3) is 5.84 Å². The number of nitrogens with two attached hydrogens (primary N) is 1. The van der Waals surface area contributed by atoms with Crippen molar-refractivity contribution >= 4 is 11.5 Å². The Kier molecular flexibility index (Phi) is 2.85. The third-order valence-corrected chi connectivity index (χ3v) is 5.17. The average molecular weight is 277 g/mol. The average Bonchev–Trinajstić information content (AvgIpc) is 3.03. The fourth-order valence-electron chi connectivity index (χ4n) is 4.12. The van der Waals surface area contributed by atoms with Crippen molar-refractivity contribution in [3.63, 3.8) is 0 Å². The molecule has 0 aromatic heterocycles. The van der Waals surface area contributed by atoms with Gasteiger partial charge < -0.3 is 0 Å². The molecular formula is C19H21N2+. The van der Waals surface area contributed by atoms with Gasteiger partial charge in [0.15, 0.2) is 0 Å². The lowest BCUT2D eigenvalue weighted by Gasteiger charge is -2.33. The molecule has 4 rings (SSSR count). The highest BCUT2D eigenvalue weighted by atomic mass is 15.1. The van der Waals surface area contributed by atoms with Gasteiger partial charge in [-0.1, -0.05) is 55.3 Å². The molecule has 0 bridgehead atoms. The Labute approximate surface area is 125 Å². The molecule has 21 heavy (non-hydrogen) atoms. The minimum atomic E-state index is 0.0602. The maximum Gasteiger partial charge on any atom is 0.258 e. The van der Waals surface area contributed by atoms with Crippen LogP contribution in [-0.4, -0.2) is 10.4 Å². The van der Waals surface area contributed by atoms with Crippen LogP contribution in [0, 0.1) is 0 Å². The molecule has 0 atom stereocenters. The zero-order valence-electron chi connectivity index (χ0n) is 12.3. The van der Waals surface area contributed by atoms with Crippen LogP contribution in [0.15, 0.2) is 54.6 Å². The highest BCUT2D eigenvalue weighted by molar-refractivity contribution is 5.90. The Morgan fingerprint density at radius 2 is 1.52 bits per heavy atom. The summed E-state index contributed by atoms with van der Waals surface area (Å²) in [4.78, 5) is 0. The van der Waals surface area contributed by atoms with Crippen LogP contribution in [0.1, 0.15) is 36.8 Å². The summed E-state index contributed by atoms with van der Waals surface area (Å²) < 4.78 is 2.31. The second kappa shape index (κ2) is 4.73. The maximum atomic E-state index is 6.71. The van der Waals surface area contributed by atoms with Crippen LogP contribution in [0.25, 0.3) is 0 Å². The van der Waals surface area contributed by atoms with E-state index in [1.807, 2.05) is 0 Å². The molecule has 0 amide bonds. The molecule has 2 aromatic carbocycles. The lowest BCUT2D eigenvalue weighted by Crippen LogP contribution is -2.48. The van der Waals surface area contributed by atoms with Crippen molar-refractivity contribution in [3.05, 3.63) is 65.7 Å². The van der Waals surface area contributed by atoms with Crippen molar-refractivity contribution in [2.45, 2.75) is 37.6 Å². The van der Waals surface area contributed by atoms with Crippen molar-refractivity contribution in [3.8, 4) is 0 Å². The summed E-state index contributed by atoms with van der Waals surface area (Å²) in [5.74, 6) is 1.05. The number of hydrogen-bond donors (Lipinski definition) is 1. The fourth-order valence-corrected chi connectivity index (χ4v) is 4.12. The zero-order valence-corrected chi connectivity index (χ0v) is 12.3. The van der Waals surface area contributed by atoms with Crippen molar-refractivity contribution in [1.82, 2.24) is 0 Å². The summed E-state index contributed by atoms with van der Waals surface area (Å²) in [6, 6.07) is 19.4. The topological polar surface area (TPSA) is 29.0 Å². The monoisotopic (exact) mass is 277 g/mol. The number of amidine groups is 1. The van der Waals surface area contributed by atoms with Gasteiger partial charge in [0.2, 0.25) is 0 Å². The molecule has 1 spiro atoms. The molecule has 2 aromatic rings.